The Morgan fingerprint density at radius 3 is 2.77 bits per heavy atom. The molecule has 0 bridgehead atoms. The van der Waals surface area contributed by atoms with E-state index in [1.807, 2.05) is 38.1 Å². The normalized spacial score (nSPS) is 11.9. The van der Waals surface area contributed by atoms with Crippen molar-refractivity contribution in [1.82, 2.24) is 15.3 Å². The number of amides is 1. The van der Waals surface area contributed by atoms with E-state index in [1.54, 1.807) is 18.2 Å². The largest absolute Gasteiger partial charge is 0.507 e. The minimum absolute atomic E-state index is 0.0768. The lowest BCUT2D eigenvalue weighted by Crippen LogP contribution is -2.26. The summed E-state index contributed by atoms with van der Waals surface area (Å²) in [5.41, 5.74) is 2.52. The van der Waals surface area contributed by atoms with Crippen molar-refractivity contribution in [3.05, 3.63) is 48.0 Å². The van der Waals surface area contributed by atoms with Crippen LogP contribution in [-0.4, -0.2) is 34.1 Å². The highest BCUT2D eigenvalue weighted by Gasteiger charge is 2.12. The molecule has 0 aliphatic rings. The van der Waals surface area contributed by atoms with Crippen molar-refractivity contribution in [1.29, 1.82) is 0 Å². The first-order valence-corrected chi connectivity index (χ1v) is 8.59. The van der Waals surface area contributed by atoms with Crippen molar-refractivity contribution >= 4 is 23.1 Å². The van der Waals surface area contributed by atoms with Crippen molar-refractivity contribution < 1.29 is 9.90 Å². The van der Waals surface area contributed by atoms with Crippen LogP contribution in [0.3, 0.4) is 0 Å². The number of hydrogen-bond acceptors (Lipinski definition) is 5. The summed E-state index contributed by atoms with van der Waals surface area (Å²) < 4.78 is 0. The van der Waals surface area contributed by atoms with E-state index in [-0.39, 0.29) is 11.8 Å². The van der Waals surface area contributed by atoms with Gasteiger partial charge in [-0.15, -0.1) is 0 Å². The van der Waals surface area contributed by atoms with Gasteiger partial charge in [-0.05, 0) is 50.1 Å². The van der Waals surface area contributed by atoms with Crippen LogP contribution in [0, 0.1) is 6.92 Å². The molecule has 0 radical (unpaired) electrons. The summed E-state index contributed by atoms with van der Waals surface area (Å²) in [5.74, 6) is 1.34. The summed E-state index contributed by atoms with van der Waals surface area (Å²) in [4.78, 5) is 19.8. The number of phenols is 1. The molecule has 0 fully saturated rings. The standard InChI is InChI=1S/C20H22N4O2/c1-13-7-8-15-17(11-13)23-20(16-5-3-4-6-18(16)26)24-19(15)21-10-9-14(2)22-12-25/h3-8,11-12,14,26H,9-10H2,1-2H3,(H,22,25)(H,21,23,24)/t14-/m0/s1. The highest BCUT2D eigenvalue weighted by Crippen LogP contribution is 2.30. The predicted molar refractivity (Wildman–Crippen MR) is 103 cm³/mol. The molecule has 0 saturated heterocycles. The number of nitrogens with one attached hydrogen (secondary N) is 2. The third-order valence-corrected chi connectivity index (χ3v) is 4.22. The number of nitrogens with zero attached hydrogens (tertiary/aromatic N) is 2. The fourth-order valence-electron chi connectivity index (χ4n) is 2.76. The van der Waals surface area contributed by atoms with E-state index in [2.05, 4.69) is 20.6 Å². The van der Waals surface area contributed by atoms with Gasteiger partial charge in [-0.2, -0.15) is 0 Å². The second-order valence-electron chi connectivity index (χ2n) is 6.33. The number of anilines is 1. The van der Waals surface area contributed by atoms with E-state index < -0.39 is 0 Å². The minimum atomic E-state index is 0.0768. The van der Waals surface area contributed by atoms with Gasteiger partial charge in [0.15, 0.2) is 5.82 Å². The van der Waals surface area contributed by atoms with Gasteiger partial charge in [-0.25, -0.2) is 9.97 Å². The smallest absolute Gasteiger partial charge is 0.207 e. The zero-order chi connectivity index (χ0) is 18.5. The van der Waals surface area contributed by atoms with Gasteiger partial charge >= 0.3 is 0 Å². The van der Waals surface area contributed by atoms with E-state index in [0.717, 1.165) is 22.9 Å². The van der Waals surface area contributed by atoms with Gasteiger partial charge in [0.1, 0.15) is 11.6 Å². The van der Waals surface area contributed by atoms with Gasteiger partial charge in [0.05, 0.1) is 11.1 Å². The molecule has 6 nitrogen and oxygen atoms in total. The molecule has 1 aromatic heterocycles. The fourth-order valence-corrected chi connectivity index (χ4v) is 2.76. The number of carbonyl (C=O) groups is 1. The van der Waals surface area contributed by atoms with Gasteiger partial charge in [-0.1, -0.05) is 18.2 Å². The van der Waals surface area contributed by atoms with Crippen molar-refractivity contribution in [2.75, 3.05) is 11.9 Å². The fraction of sp³-hybridized carbons (Fsp3) is 0.250. The SMILES string of the molecule is Cc1ccc2c(NCC[C@H](C)NC=O)nc(-c3ccccc3O)nc2c1. The summed E-state index contributed by atoms with van der Waals surface area (Å²) in [5, 5.41) is 17.1. The molecular weight excluding hydrogens is 328 g/mol. The molecule has 0 saturated carbocycles. The lowest BCUT2D eigenvalue weighted by Gasteiger charge is -2.14. The van der Waals surface area contributed by atoms with E-state index in [0.29, 0.717) is 30.2 Å². The maximum atomic E-state index is 10.5. The Morgan fingerprint density at radius 2 is 2.00 bits per heavy atom. The third kappa shape index (κ3) is 3.91. The van der Waals surface area contributed by atoms with Gasteiger partial charge in [-0.3, -0.25) is 4.79 Å². The minimum Gasteiger partial charge on any atom is -0.507 e. The van der Waals surface area contributed by atoms with Gasteiger partial charge in [0, 0.05) is 18.0 Å². The Labute approximate surface area is 152 Å². The number of para-hydroxylation sites is 1. The zero-order valence-corrected chi connectivity index (χ0v) is 14.9. The maximum Gasteiger partial charge on any atom is 0.207 e. The average Bonchev–Trinajstić information content (AvgIpc) is 2.61. The van der Waals surface area contributed by atoms with Crippen molar-refractivity contribution in [2.24, 2.45) is 0 Å². The summed E-state index contributed by atoms with van der Waals surface area (Å²) in [6.45, 7) is 4.62. The van der Waals surface area contributed by atoms with Crippen LogP contribution in [0.1, 0.15) is 18.9 Å². The number of aromatic hydroxyl groups is 1. The van der Waals surface area contributed by atoms with E-state index in [4.69, 9.17) is 0 Å². The van der Waals surface area contributed by atoms with Crippen LogP contribution < -0.4 is 10.6 Å². The summed E-state index contributed by atoms with van der Waals surface area (Å²) >= 11 is 0. The first-order chi connectivity index (χ1) is 12.6. The van der Waals surface area contributed by atoms with Crippen molar-refractivity contribution in [3.63, 3.8) is 0 Å². The Morgan fingerprint density at radius 1 is 1.19 bits per heavy atom. The van der Waals surface area contributed by atoms with Crippen LogP contribution in [0.5, 0.6) is 5.75 Å². The Kier molecular flexibility index (Phi) is 5.31. The molecule has 6 heteroatoms. The van der Waals surface area contributed by atoms with Crippen LogP contribution >= 0.6 is 0 Å². The van der Waals surface area contributed by atoms with E-state index in [9.17, 15) is 9.90 Å². The van der Waals surface area contributed by atoms with Crippen molar-refractivity contribution in [2.45, 2.75) is 26.3 Å². The molecule has 3 aromatic rings. The Bertz CT molecular complexity index is 927. The quantitative estimate of drug-likeness (QED) is 0.569. The second kappa shape index (κ2) is 7.82. The first kappa shape index (κ1) is 17.7. The average molecular weight is 350 g/mol. The summed E-state index contributed by atoms with van der Waals surface area (Å²) in [7, 11) is 0. The first-order valence-electron chi connectivity index (χ1n) is 8.59. The maximum absolute atomic E-state index is 10.5. The molecule has 3 N–H and O–H groups in total. The number of aromatic nitrogens is 2. The molecule has 0 spiro atoms. The molecule has 1 amide bonds. The molecular formula is C20H22N4O2. The second-order valence-corrected chi connectivity index (χ2v) is 6.33. The third-order valence-electron chi connectivity index (χ3n) is 4.22. The van der Waals surface area contributed by atoms with Crippen LogP contribution in [0.15, 0.2) is 42.5 Å². The number of carbonyl (C=O) groups excluding carboxylic acids is 1. The van der Waals surface area contributed by atoms with Crippen LogP contribution in [0.25, 0.3) is 22.3 Å². The number of hydrogen-bond donors (Lipinski definition) is 3. The Hall–Kier alpha value is -3.15. The van der Waals surface area contributed by atoms with E-state index >= 15 is 0 Å². The van der Waals surface area contributed by atoms with Gasteiger partial charge in [0.2, 0.25) is 6.41 Å². The highest BCUT2D eigenvalue weighted by molar-refractivity contribution is 5.91. The predicted octanol–water partition coefficient (Wildman–Crippen LogP) is 3.25. The molecule has 0 unspecified atom stereocenters. The molecule has 3 rings (SSSR count). The monoisotopic (exact) mass is 350 g/mol. The van der Waals surface area contributed by atoms with Crippen LogP contribution in [0.2, 0.25) is 0 Å². The molecule has 26 heavy (non-hydrogen) atoms. The molecule has 1 heterocycles. The number of phenolic OH excluding ortho intramolecular Hbond substituents is 1. The van der Waals surface area contributed by atoms with E-state index in [1.165, 1.54) is 0 Å². The molecule has 0 aliphatic carbocycles. The topological polar surface area (TPSA) is 87.1 Å². The van der Waals surface area contributed by atoms with Crippen LogP contribution in [0.4, 0.5) is 5.82 Å². The zero-order valence-electron chi connectivity index (χ0n) is 14.9. The number of rotatable bonds is 7. The summed E-state index contributed by atoms with van der Waals surface area (Å²) in [6.07, 6.45) is 1.48. The lowest BCUT2D eigenvalue weighted by molar-refractivity contribution is -0.110. The van der Waals surface area contributed by atoms with Gasteiger partial charge in [0.25, 0.3) is 0 Å². The Balaban J connectivity index is 1.97. The lowest BCUT2D eigenvalue weighted by atomic mass is 10.1. The molecule has 1 atom stereocenters. The van der Waals surface area contributed by atoms with Crippen LogP contribution in [-0.2, 0) is 4.79 Å². The highest BCUT2D eigenvalue weighted by atomic mass is 16.3. The number of fused-ring (bicyclic) bond motifs is 1. The molecule has 0 aliphatic heterocycles. The number of aryl methyl sites for hydroxylation is 1. The summed E-state index contributed by atoms with van der Waals surface area (Å²) in [6, 6.07) is 13.1. The molecule has 2 aromatic carbocycles. The number of benzene rings is 2. The van der Waals surface area contributed by atoms with Gasteiger partial charge < -0.3 is 15.7 Å². The molecule has 134 valence electrons. The van der Waals surface area contributed by atoms with Crippen molar-refractivity contribution in [3.8, 4) is 17.1 Å².